The molecule has 0 bridgehead atoms. The van der Waals surface area contributed by atoms with E-state index < -0.39 is 41.5 Å². The lowest BCUT2D eigenvalue weighted by molar-refractivity contribution is -0.148. The van der Waals surface area contributed by atoms with Crippen molar-refractivity contribution in [2.24, 2.45) is 11.7 Å². The van der Waals surface area contributed by atoms with Gasteiger partial charge in [-0.2, -0.15) is 13.2 Å². The molecule has 2 atom stereocenters. The third kappa shape index (κ3) is 6.09. The second kappa shape index (κ2) is 8.50. The van der Waals surface area contributed by atoms with Crippen molar-refractivity contribution in [3.8, 4) is 0 Å². The minimum absolute atomic E-state index is 0.126. The Morgan fingerprint density at radius 3 is 2.44 bits per heavy atom. The fourth-order valence-corrected chi connectivity index (χ4v) is 2.06. The topological polar surface area (TPSA) is 98.5 Å². The number of rotatable bonds is 7. The standard InChI is InChI=1S/C16H19F3N2O4/c1-3-25-15(24)9(2)7-12(13(20)22)21-14(23)10-5-4-6-11(8-10)16(17,18)19/h4-6,8-9,12H,3,7H2,1-2H3,(H2,20,22)(H,21,23)/t9-,12-/m0/s1. The summed E-state index contributed by atoms with van der Waals surface area (Å²) in [5.41, 5.74) is 3.94. The van der Waals surface area contributed by atoms with Gasteiger partial charge in [0.1, 0.15) is 6.04 Å². The summed E-state index contributed by atoms with van der Waals surface area (Å²) in [6, 6.07) is 2.53. The fraction of sp³-hybridized carbons (Fsp3) is 0.438. The molecule has 1 rings (SSSR count). The van der Waals surface area contributed by atoms with E-state index in [0.717, 1.165) is 12.1 Å². The molecule has 1 aromatic rings. The molecule has 138 valence electrons. The van der Waals surface area contributed by atoms with Gasteiger partial charge in [-0.15, -0.1) is 0 Å². The Hall–Kier alpha value is -2.58. The van der Waals surface area contributed by atoms with Gasteiger partial charge in [-0.05, 0) is 31.5 Å². The van der Waals surface area contributed by atoms with Gasteiger partial charge in [-0.25, -0.2) is 0 Å². The maximum Gasteiger partial charge on any atom is 0.416 e. The molecule has 0 aliphatic carbocycles. The Morgan fingerprint density at radius 1 is 1.28 bits per heavy atom. The van der Waals surface area contributed by atoms with Crippen LogP contribution in [-0.4, -0.2) is 30.4 Å². The van der Waals surface area contributed by atoms with Gasteiger partial charge in [0.05, 0.1) is 18.1 Å². The van der Waals surface area contributed by atoms with Crippen molar-refractivity contribution < 1.29 is 32.3 Å². The number of nitrogens with one attached hydrogen (secondary N) is 1. The Balaban J connectivity index is 2.87. The van der Waals surface area contributed by atoms with E-state index in [9.17, 15) is 27.6 Å². The van der Waals surface area contributed by atoms with Crippen LogP contribution in [0.5, 0.6) is 0 Å². The molecule has 0 saturated carbocycles. The molecule has 2 amide bonds. The molecule has 0 aromatic heterocycles. The van der Waals surface area contributed by atoms with Crippen LogP contribution in [0.15, 0.2) is 24.3 Å². The lowest BCUT2D eigenvalue weighted by atomic mass is 10.0. The molecule has 9 heteroatoms. The summed E-state index contributed by atoms with van der Waals surface area (Å²) in [6.45, 7) is 3.26. The summed E-state index contributed by atoms with van der Waals surface area (Å²) in [5, 5.41) is 2.25. The van der Waals surface area contributed by atoms with E-state index in [4.69, 9.17) is 10.5 Å². The van der Waals surface area contributed by atoms with Crippen LogP contribution < -0.4 is 11.1 Å². The van der Waals surface area contributed by atoms with Gasteiger partial charge >= 0.3 is 12.1 Å². The summed E-state index contributed by atoms with van der Waals surface area (Å²) in [6.07, 6.45) is -4.73. The molecule has 0 heterocycles. The highest BCUT2D eigenvalue weighted by atomic mass is 19.4. The molecule has 3 N–H and O–H groups in total. The summed E-state index contributed by atoms with van der Waals surface area (Å²) in [4.78, 5) is 35.2. The number of halogens is 3. The first-order valence-electron chi connectivity index (χ1n) is 7.50. The highest BCUT2D eigenvalue weighted by Crippen LogP contribution is 2.29. The number of alkyl halides is 3. The Labute approximate surface area is 142 Å². The predicted octanol–water partition coefficient (Wildman–Crippen LogP) is 1.88. The van der Waals surface area contributed by atoms with Crippen LogP contribution in [0.4, 0.5) is 13.2 Å². The molecular weight excluding hydrogens is 341 g/mol. The van der Waals surface area contributed by atoms with Gasteiger partial charge in [0.25, 0.3) is 5.91 Å². The van der Waals surface area contributed by atoms with Crippen LogP contribution in [-0.2, 0) is 20.5 Å². The molecule has 0 aliphatic rings. The van der Waals surface area contributed by atoms with Gasteiger partial charge in [-0.1, -0.05) is 13.0 Å². The average Bonchev–Trinajstić information content (AvgIpc) is 2.53. The third-order valence-electron chi connectivity index (χ3n) is 3.38. The van der Waals surface area contributed by atoms with Crippen LogP contribution in [0, 0.1) is 5.92 Å². The van der Waals surface area contributed by atoms with E-state index in [1.54, 1.807) is 6.92 Å². The zero-order chi connectivity index (χ0) is 19.2. The highest BCUT2D eigenvalue weighted by molar-refractivity contribution is 5.97. The number of benzene rings is 1. The second-order valence-electron chi connectivity index (χ2n) is 5.40. The summed E-state index contributed by atoms with van der Waals surface area (Å²) in [5.74, 6) is -3.09. The largest absolute Gasteiger partial charge is 0.466 e. The van der Waals surface area contributed by atoms with Gasteiger partial charge in [0.15, 0.2) is 0 Å². The number of carbonyl (C=O) groups excluding carboxylic acids is 3. The van der Waals surface area contributed by atoms with E-state index >= 15 is 0 Å². The monoisotopic (exact) mass is 360 g/mol. The molecule has 6 nitrogen and oxygen atoms in total. The number of nitrogens with two attached hydrogens (primary N) is 1. The minimum Gasteiger partial charge on any atom is -0.466 e. The Kier molecular flexibility index (Phi) is 6.96. The van der Waals surface area contributed by atoms with Crippen molar-refractivity contribution in [3.63, 3.8) is 0 Å². The zero-order valence-corrected chi connectivity index (χ0v) is 13.7. The number of hydrogen-bond acceptors (Lipinski definition) is 4. The molecule has 0 aliphatic heterocycles. The minimum atomic E-state index is -4.60. The first kappa shape index (κ1) is 20.5. The molecular formula is C16H19F3N2O4. The quantitative estimate of drug-likeness (QED) is 0.725. The first-order chi connectivity index (χ1) is 11.6. The van der Waals surface area contributed by atoms with E-state index in [0.29, 0.717) is 6.07 Å². The van der Waals surface area contributed by atoms with Gasteiger partial charge in [-0.3, -0.25) is 14.4 Å². The van der Waals surface area contributed by atoms with Gasteiger partial charge in [0, 0.05) is 5.56 Å². The molecule has 0 radical (unpaired) electrons. The van der Waals surface area contributed by atoms with Crippen LogP contribution in [0.1, 0.15) is 36.2 Å². The smallest absolute Gasteiger partial charge is 0.416 e. The number of amides is 2. The average molecular weight is 360 g/mol. The summed E-state index contributed by atoms with van der Waals surface area (Å²) in [7, 11) is 0. The number of primary amides is 1. The lowest BCUT2D eigenvalue weighted by Crippen LogP contribution is -2.46. The summed E-state index contributed by atoms with van der Waals surface area (Å²) < 4.78 is 42.9. The number of ether oxygens (including phenoxy) is 1. The van der Waals surface area contributed by atoms with Crippen LogP contribution >= 0.6 is 0 Å². The van der Waals surface area contributed by atoms with Crippen LogP contribution in [0.3, 0.4) is 0 Å². The Bertz CT molecular complexity index is 647. The Morgan fingerprint density at radius 2 is 1.92 bits per heavy atom. The van der Waals surface area contributed by atoms with Crippen molar-refractivity contribution in [2.45, 2.75) is 32.5 Å². The number of hydrogen-bond donors (Lipinski definition) is 2. The van der Waals surface area contributed by atoms with Crippen LogP contribution in [0.2, 0.25) is 0 Å². The molecule has 0 saturated heterocycles. The normalized spacial score (nSPS) is 13.6. The van der Waals surface area contributed by atoms with Crippen molar-refractivity contribution >= 4 is 17.8 Å². The summed E-state index contributed by atoms with van der Waals surface area (Å²) >= 11 is 0. The molecule has 1 aromatic carbocycles. The van der Waals surface area contributed by atoms with Crippen molar-refractivity contribution in [2.75, 3.05) is 6.61 Å². The van der Waals surface area contributed by atoms with E-state index in [-0.39, 0.29) is 18.6 Å². The third-order valence-corrected chi connectivity index (χ3v) is 3.38. The highest BCUT2D eigenvalue weighted by Gasteiger charge is 2.31. The second-order valence-corrected chi connectivity index (χ2v) is 5.40. The molecule has 0 unspecified atom stereocenters. The maximum absolute atomic E-state index is 12.7. The first-order valence-corrected chi connectivity index (χ1v) is 7.50. The van der Waals surface area contributed by atoms with E-state index in [1.807, 2.05) is 0 Å². The van der Waals surface area contributed by atoms with E-state index in [2.05, 4.69) is 5.32 Å². The molecule has 0 spiro atoms. The number of carbonyl (C=O) groups is 3. The number of esters is 1. The molecule has 0 fully saturated rings. The van der Waals surface area contributed by atoms with Crippen molar-refractivity contribution in [1.29, 1.82) is 0 Å². The van der Waals surface area contributed by atoms with Crippen LogP contribution in [0.25, 0.3) is 0 Å². The predicted molar refractivity (Wildman–Crippen MR) is 82.3 cm³/mol. The van der Waals surface area contributed by atoms with Crippen molar-refractivity contribution in [3.05, 3.63) is 35.4 Å². The SMILES string of the molecule is CCOC(=O)[C@@H](C)C[C@H](NC(=O)c1cccc(C(F)(F)F)c1)C(N)=O. The lowest BCUT2D eigenvalue weighted by Gasteiger charge is -2.19. The van der Waals surface area contributed by atoms with Gasteiger partial charge < -0.3 is 15.8 Å². The fourth-order valence-electron chi connectivity index (χ4n) is 2.06. The van der Waals surface area contributed by atoms with E-state index in [1.165, 1.54) is 13.0 Å². The van der Waals surface area contributed by atoms with Gasteiger partial charge in [0.2, 0.25) is 5.91 Å². The van der Waals surface area contributed by atoms with Crippen molar-refractivity contribution in [1.82, 2.24) is 5.32 Å². The zero-order valence-electron chi connectivity index (χ0n) is 13.7. The maximum atomic E-state index is 12.7. The molecule has 25 heavy (non-hydrogen) atoms.